The Bertz CT molecular complexity index is 576. The Balaban J connectivity index is 1.88. The second-order valence-electron chi connectivity index (χ2n) is 4.52. The van der Waals surface area contributed by atoms with Crippen LogP contribution in [0.3, 0.4) is 0 Å². The maximum absolute atomic E-state index is 10.7. The lowest BCUT2D eigenvalue weighted by atomic mass is 10.4. The minimum absolute atomic E-state index is 0.0211. The fraction of sp³-hybridized carbons (Fsp3) is 0.417. The molecule has 1 aliphatic rings. The highest BCUT2D eigenvalue weighted by atomic mass is 32.2. The van der Waals surface area contributed by atoms with Crippen LogP contribution in [0.4, 0.5) is 0 Å². The maximum atomic E-state index is 10.7. The van der Waals surface area contributed by atoms with Gasteiger partial charge >= 0.3 is 5.97 Å². The number of thiophene rings is 1. The van der Waals surface area contributed by atoms with Crippen molar-refractivity contribution in [3.8, 4) is 10.7 Å². The predicted octanol–water partition coefficient (Wildman–Crippen LogP) is 2.59. The normalized spacial score (nSPS) is 14.7. The average Bonchev–Trinajstić information content (AvgIpc) is 2.89. The molecule has 1 aliphatic carbocycles. The van der Waals surface area contributed by atoms with Crippen LogP contribution in [0.1, 0.15) is 12.8 Å². The Kier molecular flexibility index (Phi) is 3.56. The predicted molar refractivity (Wildman–Crippen MR) is 74.4 cm³/mol. The van der Waals surface area contributed by atoms with Crippen LogP contribution in [0.2, 0.25) is 0 Å². The van der Waals surface area contributed by atoms with Crippen LogP contribution in [0, 0.1) is 5.92 Å². The molecular formula is C12H13N3O2S2. The zero-order valence-corrected chi connectivity index (χ0v) is 11.8. The number of carboxylic acid groups (broad SMARTS) is 1. The molecule has 0 radical (unpaired) electrons. The largest absolute Gasteiger partial charge is 0.481 e. The fourth-order valence-corrected chi connectivity index (χ4v) is 3.22. The van der Waals surface area contributed by atoms with Gasteiger partial charge < -0.3 is 9.67 Å². The first kappa shape index (κ1) is 12.7. The van der Waals surface area contributed by atoms with Gasteiger partial charge in [0.25, 0.3) is 0 Å². The minimum Gasteiger partial charge on any atom is -0.481 e. The Morgan fingerprint density at radius 3 is 3.00 bits per heavy atom. The van der Waals surface area contributed by atoms with Crippen LogP contribution >= 0.6 is 23.1 Å². The standard InChI is InChI=1S/C12H13N3O2S2/c16-10(17)7-19-12-14-13-11(9-2-1-5-18-9)15(12)6-8-3-4-8/h1-2,5,8H,3-4,6-7H2,(H,16,17). The Hall–Kier alpha value is -1.34. The van der Waals surface area contributed by atoms with E-state index in [0.717, 1.165) is 17.2 Å². The average molecular weight is 295 g/mol. The van der Waals surface area contributed by atoms with Crippen molar-refractivity contribution in [2.24, 2.45) is 5.92 Å². The molecule has 0 atom stereocenters. The molecule has 3 rings (SSSR count). The van der Waals surface area contributed by atoms with E-state index in [0.29, 0.717) is 11.1 Å². The summed E-state index contributed by atoms with van der Waals surface area (Å²) in [6, 6.07) is 4.00. The topological polar surface area (TPSA) is 68.0 Å². The summed E-state index contributed by atoms with van der Waals surface area (Å²) in [5, 5.41) is 19.9. The Morgan fingerprint density at radius 2 is 2.37 bits per heavy atom. The number of aromatic nitrogens is 3. The number of hydrogen-bond acceptors (Lipinski definition) is 5. The van der Waals surface area contributed by atoms with Gasteiger partial charge in [-0.05, 0) is 30.2 Å². The van der Waals surface area contributed by atoms with Gasteiger partial charge in [-0.15, -0.1) is 21.5 Å². The molecule has 0 amide bonds. The van der Waals surface area contributed by atoms with Crippen molar-refractivity contribution in [1.82, 2.24) is 14.8 Å². The number of rotatable bonds is 6. The number of carbonyl (C=O) groups is 1. The molecular weight excluding hydrogens is 282 g/mol. The van der Waals surface area contributed by atoms with E-state index >= 15 is 0 Å². The summed E-state index contributed by atoms with van der Waals surface area (Å²) >= 11 is 2.86. The number of aliphatic carboxylic acids is 1. The molecule has 0 unspecified atom stereocenters. The third-order valence-electron chi connectivity index (χ3n) is 2.92. The second-order valence-corrected chi connectivity index (χ2v) is 6.41. The van der Waals surface area contributed by atoms with Gasteiger partial charge in [0.2, 0.25) is 0 Å². The van der Waals surface area contributed by atoms with E-state index < -0.39 is 5.97 Å². The van der Waals surface area contributed by atoms with Gasteiger partial charge in [0.05, 0.1) is 10.6 Å². The van der Waals surface area contributed by atoms with Gasteiger partial charge in [-0.2, -0.15) is 0 Å². The lowest BCUT2D eigenvalue weighted by Gasteiger charge is -2.07. The third kappa shape index (κ3) is 2.98. The highest BCUT2D eigenvalue weighted by molar-refractivity contribution is 7.99. The summed E-state index contributed by atoms with van der Waals surface area (Å²) in [4.78, 5) is 11.8. The molecule has 100 valence electrons. The van der Waals surface area contributed by atoms with Gasteiger partial charge in [-0.25, -0.2) is 0 Å². The van der Waals surface area contributed by atoms with Gasteiger partial charge in [0.15, 0.2) is 11.0 Å². The molecule has 0 aliphatic heterocycles. The number of thioether (sulfide) groups is 1. The molecule has 2 aromatic rings. The molecule has 1 saturated carbocycles. The molecule has 1 N–H and O–H groups in total. The van der Waals surface area contributed by atoms with E-state index in [1.165, 1.54) is 24.6 Å². The van der Waals surface area contributed by atoms with Crippen molar-refractivity contribution in [3.05, 3.63) is 17.5 Å². The van der Waals surface area contributed by atoms with E-state index in [9.17, 15) is 4.79 Å². The molecule has 0 bridgehead atoms. The first-order valence-corrected chi connectivity index (χ1v) is 7.92. The Labute approximate surface area is 118 Å². The molecule has 7 heteroatoms. The van der Waals surface area contributed by atoms with E-state index in [4.69, 9.17) is 5.11 Å². The summed E-state index contributed by atoms with van der Waals surface area (Å²) in [5.41, 5.74) is 0. The lowest BCUT2D eigenvalue weighted by Crippen LogP contribution is -2.05. The summed E-state index contributed by atoms with van der Waals surface area (Å²) in [6.45, 7) is 0.891. The van der Waals surface area contributed by atoms with Crippen LogP contribution < -0.4 is 0 Å². The molecule has 0 aromatic carbocycles. The van der Waals surface area contributed by atoms with Gasteiger partial charge in [-0.1, -0.05) is 17.8 Å². The molecule has 5 nitrogen and oxygen atoms in total. The van der Waals surface area contributed by atoms with Crippen molar-refractivity contribution in [3.63, 3.8) is 0 Å². The quantitative estimate of drug-likeness (QED) is 0.830. The van der Waals surface area contributed by atoms with Crippen LogP contribution in [-0.4, -0.2) is 31.6 Å². The maximum Gasteiger partial charge on any atom is 0.313 e. The van der Waals surface area contributed by atoms with Crippen LogP contribution in [0.25, 0.3) is 10.7 Å². The van der Waals surface area contributed by atoms with Crippen LogP contribution in [0.5, 0.6) is 0 Å². The van der Waals surface area contributed by atoms with E-state index in [-0.39, 0.29) is 5.75 Å². The first-order chi connectivity index (χ1) is 9.24. The van der Waals surface area contributed by atoms with E-state index in [2.05, 4.69) is 14.8 Å². The molecule has 2 aromatic heterocycles. The van der Waals surface area contributed by atoms with Gasteiger partial charge in [0.1, 0.15) is 0 Å². The first-order valence-electron chi connectivity index (χ1n) is 6.05. The molecule has 1 fully saturated rings. The van der Waals surface area contributed by atoms with Crippen molar-refractivity contribution in [2.45, 2.75) is 24.5 Å². The number of carboxylic acids is 1. The van der Waals surface area contributed by atoms with Crippen molar-refractivity contribution in [1.29, 1.82) is 0 Å². The monoisotopic (exact) mass is 295 g/mol. The minimum atomic E-state index is -0.830. The highest BCUT2D eigenvalue weighted by Gasteiger charge is 2.26. The summed E-state index contributed by atoms with van der Waals surface area (Å²) in [7, 11) is 0. The number of hydrogen-bond donors (Lipinski definition) is 1. The van der Waals surface area contributed by atoms with Crippen LogP contribution in [0.15, 0.2) is 22.7 Å². The Morgan fingerprint density at radius 1 is 1.53 bits per heavy atom. The zero-order chi connectivity index (χ0) is 13.2. The van der Waals surface area contributed by atoms with E-state index in [1.807, 2.05) is 17.5 Å². The van der Waals surface area contributed by atoms with E-state index in [1.54, 1.807) is 11.3 Å². The third-order valence-corrected chi connectivity index (χ3v) is 4.74. The van der Waals surface area contributed by atoms with Gasteiger partial charge in [-0.3, -0.25) is 4.79 Å². The van der Waals surface area contributed by atoms with Crippen LogP contribution in [-0.2, 0) is 11.3 Å². The van der Waals surface area contributed by atoms with Crippen molar-refractivity contribution in [2.75, 3.05) is 5.75 Å². The molecule has 0 spiro atoms. The van der Waals surface area contributed by atoms with Gasteiger partial charge in [0, 0.05) is 6.54 Å². The molecule has 19 heavy (non-hydrogen) atoms. The summed E-state index contributed by atoms with van der Waals surface area (Å²) in [5.74, 6) is 0.741. The lowest BCUT2D eigenvalue weighted by molar-refractivity contribution is -0.133. The zero-order valence-electron chi connectivity index (χ0n) is 10.2. The highest BCUT2D eigenvalue weighted by Crippen LogP contribution is 2.35. The fourth-order valence-electron chi connectivity index (χ4n) is 1.83. The summed E-state index contributed by atoms with van der Waals surface area (Å²) in [6.07, 6.45) is 2.48. The SMILES string of the molecule is O=C(O)CSc1nnc(-c2cccs2)n1CC1CC1. The second kappa shape index (κ2) is 5.34. The van der Waals surface area contributed by atoms with Crippen molar-refractivity contribution >= 4 is 29.1 Å². The molecule has 0 saturated heterocycles. The van der Waals surface area contributed by atoms with Crippen molar-refractivity contribution < 1.29 is 9.90 Å². The summed E-state index contributed by atoms with van der Waals surface area (Å²) < 4.78 is 2.07. The molecule has 2 heterocycles. The number of nitrogens with zero attached hydrogens (tertiary/aromatic N) is 3. The smallest absolute Gasteiger partial charge is 0.313 e.